The van der Waals surface area contributed by atoms with E-state index in [1.165, 1.54) is 16.9 Å². The van der Waals surface area contributed by atoms with Crippen molar-refractivity contribution >= 4 is 22.4 Å². The summed E-state index contributed by atoms with van der Waals surface area (Å²) < 4.78 is 11.3. The molecule has 0 saturated heterocycles. The van der Waals surface area contributed by atoms with Crippen LogP contribution in [-0.4, -0.2) is 24.1 Å². The van der Waals surface area contributed by atoms with Crippen LogP contribution in [0.15, 0.2) is 48.5 Å². The van der Waals surface area contributed by atoms with E-state index in [1.54, 1.807) is 0 Å². The molecule has 0 unspecified atom stereocenters. The van der Waals surface area contributed by atoms with E-state index in [0.717, 1.165) is 34.1 Å². The van der Waals surface area contributed by atoms with E-state index in [0.29, 0.717) is 31.2 Å². The third kappa shape index (κ3) is 6.81. The fourth-order valence-electron chi connectivity index (χ4n) is 3.40. The molecule has 0 atom stereocenters. The zero-order chi connectivity index (χ0) is 23.8. The van der Waals surface area contributed by atoms with E-state index in [2.05, 4.69) is 43.2 Å². The molecule has 0 bridgehead atoms. The van der Waals surface area contributed by atoms with Gasteiger partial charge in [0.2, 0.25) is 5.91 Å². The molecule has 0 aliphatic rings. The lowest BCUT2D eigenvalue weighted by molar-refractivity contribution is -0.116. The molecule has 0 aliphatic heterocycles. The van der Waals surface area contributed by atoms with E-state index in [4.69, 9.17) is 9.47 Å². The van der Waals surface area contributed by atoms with Crippen LogP contribution in [-0.2, 0) is 10.2 Å². The Morgan fingerprint density at radius 1 is 1.00 bits per heavy atom. The Hall–Kier alpha value is -2.86. The molecule has 3 aromatic rings. The van der Waals surface area contributed by atoms with Gasteiger partial charge >= 0.3 is 0 Å². The minimum absolute atomic E-state index is 0.0503. The Bertz CT molecular complexity index is 1040. The number of nitrogens with one attached hydrogen (secondary N) is 1. The summed E-state index contributed by atoms with van der Waals surface area (Å²) in [6.07, 6.45) is 2.12. The lowest BCUT2D eigenvalue weighted by Gasteiger charge is -2.23. The first-order chi connectivity index (χ1) is 15.8. The molecule has 1 aromatic heterocycles. The van der Waals surface area contributed by atoms with Gasteiger partial charge in [-0.25, -0.2) is 4.98 Å². The minimum Gasteiger partial charge on any atom is -0.494 e. The maximum absolute atomic E-state index is 12.4. The molecule has 6 heteroatoms. The van der Waals surface area contributed by atoms with Crippen molar-refractivity contribution in [3.8, 4) is 22.8 Å². The van der Waals surface area contributed by atoms with Crippen LogP contribution in [0.25, 0.3) is 11.3 Å². The van der Waals surface area contributed by atoms with Crippen LogP contribution in [0.4, 0.5) is 5.13 Å². The fraction of sp³-hybridized carbons (Fsp3) is 0.407. The first-order valence-corrected chi connectivity index (χ1v) is 12.4. The Morgan fingerprint density at radius 2 is 1.64 bits per heavy atom. The van der Waals surface area contributed by atoms with Gasteiger partial charge in [0.1, 0.15) is 11.5 Å². The van der Waals surface area contributed by atoms with Crippen LogP contribution in [0.2, 0.25) is 0 Å². The van der Waals surface area contributed by atoms with Crippen LogP contribution in [0.5, 0.6) is 11.5 Å². The number of nitrogens with zero attached hydrogens (tertiary/aromatic N) is 1. The SMILES string of the molecule is CCOc1ccc(-c2nc(NC(=O)CCCOc3ccc(C(C)(C)CC)cc3)sc2C)cc1. The van der Waals surface area contributed by atoms with Crippen molar-refractivity contribution in [1.82, 2.24) is 4.98 Å². The summed E-state index contributed by atoms with van der Waals surface area (Å²) in [4.78, 5) is 18.1. The largest absolute Gasteiger partial charge is 0.494 e. The molecule has 0 aliphatic carbocycles. The van der Waals surface area contributed by atoms with Crippen molar-refractivity contribution < 1.29 is 14.3 Å². The number of hydrogen-bond acceptors (Lipinski definition) is 5. The number of aromatic nitrogens is 1. The number of hydrogen-bond donors (Lipinski definition) is 1. The maximum atomic E-state index is 12.4. The van der Waals surface area contributed by atoms with Crippen molar-refractivity contribution in [3.63, 3.8) is 0 Å². The summed E-state index contributed by atoms with van der Waals surface area (Å²) in [5.41, 5.74) is 3.36. The molecule has 33 heavy (non-hydrogen) atoms. The van der Waals surface area contributed by atoms with Gasteiger partial charge in [0.25, 0.3) is 0 Å². The standard InChI is InChI=1S/C27H34N2O3S/c1-6-27(4,5)21-12-16-23(17-13-21)32-18-8-9-24(30)28-26-29-25(19(3)33-26)20-10-14-22(15-11-20)31-7-2/h10-17H,6-9,18H2,1-5H3,(H,28,29,30). The van der Waals surface area contributed by atoms with Crippen LogP contribution in [0.1, 0.15) is 57.4 Å². The monoisotopic (exact) mass is 466 g/mol. The zero-order valence-corrected chi connectivity index (χ0v) is 21.1. The fourth-order valence-corrected chi connectivity index (χ4v) is 4.26. The van der Waals surface area contributed by atoms with Gasteiger partial charge in [0.05, 0.1) is 18.9 Å². The highest BCUT2D eigenvalue weighted by molar-refractivity contribution is 7.16. The first kappa shape index (κ1) is 24.8. The van der Waals surface area contributed by atoms with Crippen molar-refractivity contribution in [3.05, 3.63) is 59.0 Å². The molecule has 1 heterocycles. The van der Waals surface area contributed by atoms with Crippen LogP contribution in [0, 0.1) is 6.92 Å². The summed E-state index contributed by atoms with van der Waals surface area (Å²) in [5.74, 6) is 1.62. The molecule has 176 valence electrons. The average molecular weight is 467 g/mol. The molecule has 0 spiro atoms. The van der Waals surface area contributed by atoms with E-state index >= 15 is 0 Å². The van der Waals surface area contributed by atoms with Crippen molar-refractivity contribution in [2.24, 2.45) is 0 Å². The smallest absolute Gasteiger partial charge is 0.226 e. The van der Waals surface area contributed by atoms with E-state index in [9.17, 15) is 4.79 Å². The Morgan fingerprint density at radius 3 is 2.27 bits per heavy atom. The van der Waals surface area contributed by atoms with Crippen molar-refractivity contribution in [2.45, 2.75) is 59.3 Å². The summed E-state index contributed by atoms with van der Waals surface area (Å²) in [6.45, 7) is 11.8. The number of thiazole rings is 1. The molecule has 0 fully saturated rings. The van der Waals surface area contributed by atoms with Crippen molar-refractivity contribution in [2.75, 3.05) is 18.5 Å². The Kier molecular flexibility index (Phi) is 8.50. The summed E-state index contributed by atoms with van der Waals surface area (Å²) in [5, 5.41) is 3.54. The normalized spacial score (nSPS) is 11.3. The number of benzene rings is 2. The van der Waals surface area contributed by atoms with Gasteiger partial charge < -0.3 is 14.8 Å². The highest BCUT2D eigenvalue weighted by Crippen LogP contribution is 2.31. The van der Waals surface area contributed by atoms with Gasteiger partial charge in [-0.1, -0.05) is 32.9 Å². The molecule has 0 radical (unpaired) electrons. The van der Waals surface area contributed by atoms with Gasteiger partial charge in [-0.15, -0.1) is 11.3 Å². The van der Waals surface area contributed by atoms with Gasteiger partial charge in [0.15, 0.2) is 5.13 Å². The number of rotatable bonds is 11. The molecule has 5 nitrogen and oxygen atoms in total. The van der Waals surface area contributed by atoms with Gasteiger partial charge in [0, 0.05) is 16.9 Å². The van der Waals surface area contributed by atoms with Gasteiger partial charge in [-0.05, 0) is 74.1 Å². The van der Waals surface area contributed by atoms with E-state index in [-0.39, 0.29) is 11.3 Å². The molecule has 1 amide bonds. The van der Waals surface area contributed by atoms with Crippen LogP contribution >= 0.6 is 11.3 Å². The lowest BCUT2D eigenvalue weighted by atomic mass is 9.82. The van der Waals surface area contributed by atoms with E-state index in [1.807, 2.05) is 50.2 Å². The third-order valence-corrected chi connectivity index (χ3v) is 6.70. The zero-order valence-electron chi connectivity index (χ0n) is 20.2. The summed E-state index contributed by atoms with van der Waals surface area (Å²) in [6, 6.07) is 16.1. The average Bonchev–Trinajstić information content (AvgIpc) is 3.17. The van der Waals surface area contributed by atoms with Gasteiger partial charge in [-0.2, -0.15) is 0 Å². The number of carbonyl (C=O) groups excluding carboxylic acids is 1. The second-order valence-corrected chi connectivity index (χ2v) is 9.85. The number of ether oxygens (including phenoxy) is 2. The molecule has 1 N–H and O–H groups in total. The summed E-state index contributed by atoms with van der Waals surface area (Å²) in [7, 11) is 0. The topological polar surface area (TPSA) is 60.5 Å². The van der Waals surface area contributed by atoms with Crippen LogP contribution in [0.3, 0.4) is 0 Å². The van der Waals surface area contributed by atoms with Gasteiger partial charge in [-0.3, -0.25) is 4.79 Å². The van der Waals surface area contributed by atoms with Crippen molar-refractivity contribution in [1.29, 1.82) is 0 Å². The number of aryl methyl sites for hydroxylation is 1. The molecule has 3 rings (SSSR count). The molecule has 0 saturated carbocycles. The highest BCUT2D eigenvalue weighted by atomic mass is 32.1. The maximum Gasteiger partial charge on any atom is 0.226 e. The number of amides is 1. The third-order valence-electron chi connectivity index (χ3n) is 5.82. The second-order valence-electron chi connectivity index (χ2n) is 8.64. The molecular weight excluding hydrogens is 432 g/mol. The second kappa shape index (κ2) is 11.3. The molecule has 2 aromatic carbocycles. The predicted octanol–water partition coefficient (Wildman–Crippen LogP) is 7.00. The molecular formula is C27H34N2O3S. The number of anilines is 1. The van der Waals surface area contributed by atoms with Crippen LogP contribution < -0.4 is 14.8 Å². The minimum atomic E-state index is -0.0503. The predicted molar refractivity (Wildman–Crippen MR) is 137 cm³/mol. The Labute approximate surface area is 201 Å². The summed E-state index contributed by atoms with van der Waals surface area (Å²) >= 11 is 1.49. The first-order valence-electron chi connectivity index (χ1n) is 11.6. The van der Waals surface area contributed by atoms with E-state index < -0.39 is 0 Å². The lowest BCUT2D eigenvalue weighted by Crippen LogP contribution is -2.15. The Balaban J connectivity index is 1.46. The quantitative estimate of drug-likeness (QED) is 0.309. The number of carbonyl (C=O) groups is 1. The highest BCUT2D eigenvalue weighted by Gasteiger charge is 2.17.